The van der Waals surface area contributed by atoms with Gasteiger partial charge in [0.25, 0.3) is 0 Å². The highest BCUT2D eigenvalue weighted by atomic mass is 16.5. The van der Waals surface area contributed by atoms with E-state index in [1.807, 2.05) is 0 Å². The number of nitrogens with one attached hydrogen (secondary N) is 1. The number of aromatic nitrogens is 2. The molecule has 2 heterocycles. The number of carboxylic acid groups (broad SMARTS) is 1. The van der Waals surface area contributed by atoms with Gasteiger partial charge in [0.05, 0.1) is 7.11 Å². The zero-order valence-electron chi connectivity index (χ0n) is 9.46. The van der Waals surface area contributed by atoms with Crippen LogP contribution >= 0.6 is 0 Å². The molecule has 1 aliphatic rings. The summed E-state index contributed by atoms with van der Waals surface area (Å²) in [5, 5.41) is 12.2. The number of hydrogen-bond donors (Lipinski definition) is 2. The van der Waals surface area contributed by atoms with Gasteiger partial charge in [0.1, 0.15) is 6.04 Å². The first-order valence-corrected chi connectivity index (χ1v) is 5.29. The summed E-state index contributed by atoms with van der Waals surface area (Å²) in [7, 11) is 1.51. The molecule has 0 radical (unpaired) electrons. The smallest absolute Gasteiger partial charge is 0.327 e. The van der Waals surface area contributed by atoms with Crippen molar-refractivity contribution in [3.8, 4) is 5.88 Å². The lowest BCUT2D eigenvalue weighted by atomic mass is 10.2. The predicted molar refractivity (Wildman–Crippen MR) is 60.2 cm³/mol. The van der Waals surface area contributed by atoms with Crippen molar-refractivity contribution in [2.24, 2.45) is 0 Å². The maximum Gasteiger partial charge on any atom is 0.327 e. The summed E-state index contributed by atoms with van der Waals surface area (Å²) in [5.74, 6) is -0.0699. The minimum absolute atomic E-state index is 0.385. The summed E-state index contributed by atoms with van der Waals surface area (Å²) >= 11 is 0. The number of hydrogen-bond acceptors (Lipinski definition) is 6. The van der Waals surface area contributed by atoms with E-state index < -0.39 is 12.0 Å². The van der Waals surface area contributed by atoms with Gasteiger partial charge in [-0.25, -0.2) is 9.78 Å². The largest absolute Gasteiger partial charge is 0.481 e. The number of carboxylic acids is 1. The minimum Gasteiger partial charge on any atom is -0.481 e. The molecule has 92 valence electrons. The van der Waals surface area contributed by atoms with Crippen LogP contribution in [0.2, 0.25) is 0 Å². The number of methoxy groups -OCH3 is 1. The Morgan fingerprint density at radius 3 is 3.24 bits per heavy atom. The van der Waals surface area contributed by atoms with Crippen molar-refractivity contribution < 1.29 is 14.6 Å². The van der Waals surface area contributed by atoms with E-state index in [2.05, 4.69) is 15.3 Å². The predicted octanol–water partition coefficient (Wildman–Crippen LogP) is -0.652. The summed E-state index contributed by atoms with van der Waals surface area (Å²) in [6, 6.07) is 0.984. The molecule has 0 amide bonds. The molecule has 1 fully saturated rings. The Bertz CT molecular complexity index is 412. The first-order valence-electron chi connectivity index (χ1n) is 5.29. The van der Waals surface area contributed by atoms with Crippen molar-refractivity contribution in [3.05, 3.63) is 12.3 Å². The molecule has 0 aliphatic carbocycles. The van der Waals surface area contributed by atoms with Crippen LogP contribution in [0.4, 0.5) is 5.95 Å². The lowest BCUT2D eigenvalue weighted by Crippen LogP contribution is -2.55. The van der Waals surface area contributed by atoms with Gasteiger partial charge in [-0.15, -0.1) is 0 Å². The summed E-state index contributed by atoms with van der Waals surface area (Å²) in [6.45, 7) is 1.66. The van der Waals surface area contributed by atoms with Crippen molar-refractivity contribution in [1.29, 1.82) is 0 Å². The zero-order valence-corrected chi connectivity index (χ0v) is 9.46. The summed E-state index contributed by atoms with van der Waals surface area (Å²) in [6.07, 6.45) is 1.56. The van der Waals surface area contributed by atoms with E-state index in [1.165, 1.54) is 7.11 Å². The van der Waals surface area contributed by atoms with Crippen LogP contribution < -0.4 is 15.0 Å². The van der Waals surface area contributed by atoms with Gasteiger partial charge in [0, 0.05) is 31.9 Å². The Labute approximate surface area is 98.4 Å². The van der Waals surface area contributed by atoms with Crippen LogP contribution in [0.15, 0.2) is 12.3 Å². The van der Waals surface area contributed by atoms with E-state index in [0.29, 0.717) is 31.5 Å². The lowest BCUT2D eigenvalue weighted by Gasteiger charge is -2.33. The third kappa shape index (κ3) is 2.44. The number of piperazine rings is 1. The molecule has 7 nitrogen and oxygen atoms in total. The standard InChI is InChI=1S/C10H14N4O3/c1-17-8-2-3-12-10(13-8)14-5-4-11-6-7(14)9(15)16/h2-3,7,11H,4-6H2,1H3,(H,15,16). The quantitative estimate of drug-likeness (QED) is 0.723. The van der Waals surface area contributed by atoms with E-state index in [0.717, 1.165) is 0 Å². The van der Waals surface area contributed by atoms with Crippen LogP contribution in [0.1, 0.15) is 0 Å². The molecule has 1 unspecified atom stereocenters. The van der Waals surface area contributed by atoms with E-state index in [4.69, 9.17) is 9.84 Å². The van der Waals surface area contributed by atoms with Gasteiger partial charge in [-0.2, -0.15) is 4.98 Å². The normalized spacial score (nSPS) is 20.1. The summed E-state index contributed by atoms with van der Waals surface area (Å²) < 4.78 is 5.00. The van der Waals surface area contributed by atoms with Gasteiger partial charge in [-0.1, -0.05) is 0 Å². The summed E-state index contributed by atoms with van der Waals surface area (Å²) in [4.78, 5) is 21.0. The molecule has 2 N–H and O–H groups in total. The third-order valence-electron chi connectivity index (χ3n) is 2.61. The second kappa shape index (κ2) is 4.96. The van der Waals surface area contributed by atoms with Crippen molar-refractivity contribution in [3.63, 3.8) is 0 Å². The van der Waals surface area contributed by atoms with Gasteiger partial charge in [0.2, 0.25) is 11.8 Å². The molecule has 7 heteroatoms. The number of carbonyl (C=O) groups is 1. The Morgan fingerprint density at radius 1 is 1.71 bits per heavy atom. The molecule has 1 aromatic rings. The van der Waals surface area contributed by atoms with Crippen LogP contribution in [0, 0.1) is 0 Å². The fourth-order valence-corrected chi connectivity index (χ4v) is 1.75. The molecule has 1 aliphatic heterocycles. The Kier molecular flexibility index (Phi) is 3.38. The van der Waals surface area contributed by atoms with Crippen LogP contribution in [0.3, 0.4) is 0 Å². The van der Waals surface area contributed by atoms with E-state index in [-0.39, 0.29) is 0 Å². The van der Waals surface area contributed by atoms with Crippen LogP contribution in [0.25, 0.3) is 0 Å². The molecule has 1 saturated heterocycles. The number of ether oxygens (including phenoxy) is 1. The molecule has 2 rings (SSSR count). The van der Waals surface area contributed by atoms with Gasteiger partial charge < -0.3 is 20.1 Å². The average molecular weight is 238 g/mol. The highest BCUT2D eigenvalue weighted by Crippen LogP contribution is 2.16. The van der Waals surface area contributed by atoms with Gasteiger partial charge in [0.15, 0.2) is 0 Å². The number of aliphatic carboxylic acids is 1. The fraction of sp³-hybridized carbons (Fsp3) is 0.500. The number of rotatable bonds is 3. The molecule has 0 bridgehead atoms. The highest BCUT2D eigenvalue weighted by Gasteiger charge is 2.30. The molecule has 17 heavy (non-hydrogen) atoms. The Balaban J connectivity index is 2.26. The van der Waals surface area contributed by atoms with Crippen molar-refractivity contribution in [2.45, 2.75) is 6.04 Å². The summed E-state index contributed by atoms with van der Waals surface area (Å²) in [5.41, 5.74) is 0. The Hall–Kier alpha value is -1.89. The second-order valence-corrected chi connectivity index (χ2v) is 3.65. The maximum atomic E-state index is 11.1. The van der Waals surface area contributed by atoms with Crippen LogP contribution in [0.5, 0.6) is 5.88 Å². The third-order valence-corrected chi connectivity index (χ3v) is 2.61. The molecular weight excluding hydrogens is 224 g/mol. The topological polar surface area (TPSA) is 87.6 Å². The SMILES string of the molecule is COc1ccnc(N2CCNCC2C(=O)O)n1. The average Bonchev–Trinajstić information content (AvgIpc) is 2.39. The number of nitrogens with zero attached hydrogens (tertiary/aromatic N) is 3. The molecule has 0 aromatic carbocycles. The van der Waals surface area contributed by atoms with Crippen molar-refractivity contribution >= 4 is 11.9 Å². The van der Waals surface area contributed by atoms with Gasteiger partial charge >= 0.3 is 5.97 Å². The first-order chi connectivity index (χ1) is 8.22. The maximum absolute atomic E-state index is 11.1. The minimum atomic E-state index is -0.886. The molecule has 0 spiro atoms. The van der Waals surface area contributed by atoms with E-state index in [1.54, 1.807) is 17.2 Å². The monoisotopic (exact) mass is 238 g/mol. The first kappa shape index (κ1) is 11.6. The van der Waals surface area contributed by atoms with Crippen molar-refractivity contribution in [2.75, 3.05) is 31.6 Å². The van der Waals surface area contributed by atoms with Crippen molar-refractivity contribution in [1.82, 2.24) is 15.3 Å². The van der Waals surface area contributed by atoms with Gasteiger partial charge in [-0.05, 0) is 0 Å². The molecular formula is C10H14N4O3. The van der Waals surface area contributed by atoms with Gasteiger partial charge in [-0.3, -0.25) is 0 Å². The lowest BCUT2D eigenvalue weighted by molar-refractivity contribution is -0.138. The highest BCUT2D eigenvalue weighted by molar-refractivity contribution is 5.78. The molecule has 0 saturated carbocycles. The fourth-order valence-electron chi connectivity index (χ4n) is 1.75. The van der Waals surface area contributed by atoms with E-state index >= 15 is 0 Å². The molecule has 1 atom stereocenters. The Morgan fingerprint density at radius 2 is 2.53 bits per heavy atom. The second-order valence-electron chi connectivity index (χ2n) is 3.65. The van der Waals surface area contributed by atoms with E-state index in [9.17, 15) is 4.79 Å². The molecule has 1 aromatic heterocycles. The number of anilines is 1. The van der Waals surface area contributed by atoms with Crippen LogP contribution in [-0.2, 0) is 4.79 Å². The zero-order chi connectivity index (χ0) is 12.3. The van der Waals surface area contributed by atoms with Crippen LogP contribution in [-0.4, -0.2) is 53.8 Å².